The number of hydrogen-bond donors (Lipinski definition) is 1. The van der Waals surface area contributed by atoms with Gasteiger partial charge in [0.2, 0.25) is 0 Å². The van der Waals surface area contributed by atoms with E-state index in [-0.39, 0.29) is 0 Å². The van der Waals surface area contributed by atoms with Crippen molar-refractivity contribution in [3.8, 4) is 0 Å². The summed E-state index contributed by atoms with van der Waals surface area (Å²) in [5, 5.41) is 5.08. The summed E-state index contributed by atoms with van der Waals surface area (Å²) in [5.41, 5.74) is 5.71. The van der Waals surface area contributed by atoms with E-state index in [4.69, 9.17) is 0 Å². The first-order valence-electron chi connectivity index (χ1n) is 7.44. The molecule has 2 nitrogen and oxygen atoms in total. The SMILES string of the molecule is Cc1ccc(C)c2c1c(CCCNC1CC1)cn2C. The summed E-state index contributed by atoms with van der Waals surface area (Å²) in [5.74, 6) is 0. The lowest BCUT2D eigenvalue weighted by Crippen LogP contribution is -2.17. The molecule has 1 aliphatic rings. The number of fused-ring (bicyclic) bond motifs is 1. The van der Waals surface area contributed by atoms with Crippen molar-refractivity contribution in [2.24, 2.45) is 7.05 Å². The summed E-state index contributed by atoms with van der Waals surface area (Å²) in [7, 11) is 2.17. The Hall–Kier alpha value is -1.28. The van der Waals surface area contributed by atoms with Gasteiger partial charge in [-0.25, -0.2) is 0 Å². The molecule has 0 radical (unpaired) electrons. The predicted octanol–water partition coefficient (Wildman–Crippen LogP) is 3.48. The summed E-state index contributed by atoms with van der Waals surface area (Å²) in [4.78, 5) is 0. The normalized spacial score (nSPS) is 15.3. The van der Waals surface area contributed by atoms with Crippen LogP contribution in [0.25, 0.3) is 10.9 Å². The Morgan fingerprint density at radius 3 is 2.68 bits per heavy atom. The summed E-state index contributed by atoms with van der Waals surface area (Å²) in [6, 6.07) is 5.32. The molecule has 0 amide bonds. The first kappa shape index (κ1) is 12.7. The van der Waals surface area contributed by atoms with E-state index in [0.717, 1.165) is 12.6 Å². The third-order valence-electron chi connectivity index (χ3n) is 4.24. The van der Waals surface area contributed by atoms with Crippen molar-refractivity contribution in [1.82, 2.24) is 9.88 Å². The highest BCUT2D eigenvalue weighted by Gasteiger charge is 2.19. The standard InChI is InChI=1S/C17H24N2/c1-12-6-7-13(2)17-16(12)14(11-19(17)3)5-4-10-18-15-8-9-15/h6-7,11,15,18H,4-5,8-10H2,1-3H3. The van der Waals surface area contributed by atoms with E-state index >= 15 is 0 Å². The van der Waals surface area contributed by atoms with Gasteiger partial charge in [0.1, 0.15) is 0 Å². The second-order valence-electron chi connectivity index (χ2n) is 6.02. The van der Waals surface area contributed by atoms with Gasteiger partial charge in [-0.15, -0.1) is 0 Å². The van der Waals surface area contributed by atoms with Gasteiger partial charge in [-0.3, -0.25) is 0 Å². The monoisotopic (exact) mass is 256 g/mol. The molecular weight excluding hydrogens is 232 g/mol. The largest absolute Gasteiger partial charge is 0.350 e. The molecule has 1 aromatic carbocycles. The van der Waals surface area contributed by atoms with Gasteiger partial charge in [0, 0.05) is 24.7 Å². The molecule has 0 unspecified atom stereocenters. The van der Waals surface area contributed by atoms with Crippen molar-refractivity contribution in [2.75, 3.05) is 6.54 Å². The van der Waals surface area contributed by atoms with E-state index in [2.05, 4.69) is 49.1 Å². The molecule has 1 aliphatic carbocycles. The fraction of sp³-hybridized carbons (Fsp3) is 0.529. The van der Waals surface area contributed by atoms with Gasteiger partial charge < -0.3 is 9.88 Å². The van der Waals surface area contributed by atoms with Gasteiger partial charge >= 0.3 is 0 Å². The van der Waals surface area contributed by atoms with Crippen LogP contribution in [-0.2, 0) is 13.5 Å². The number of nitrogens with one attached hydrogen (secondary N) is 1. The average molecular weight is 256 g/mol. The summed E-state index contributed by atoms with van der Waals surface area (Å²) < 4.78 is 2.29. The van der Waals surface area contributed by atoms with Crippen molar-refractivity contribution in [1.29, 1.82) is 0 Å². The summed E-state index contributed by atoms with van der Waals surface area (Å²) in [6.45, 7) is 5.60. The Labute approximate surface area is 115 Å². The second-order valence-corrected chi connectivity index (χ2v) is 6.02. The molecule has 19 heavy (non-hydrogen) atoms. The molecular formula is C17H24N2. The minimum Gasteiger partial charge on any atom is -0.350 e. The highest BCUT2D eigenvalue weighted by molar-refractivity contribution is 5.89. The molecule has 1 heterocycles. The van der Waals surface area contributed by atoms with E-state index in [0.29, 0.717) is 0 Å². The zero-order chi connectivity index (χ0) is 13.4. The van der Waals surface area contributed by atoms with Gasteiger partial charge in [-0.1, -0.05) is 12.1 Å². The topological polar surface area (TPSA) is 17.0 Å². The number of benzene rings is 1. The molecule has 1 fully saturated rings. The molecule has 102 valence electrons. The summed E-state index contributed by atoms with van der Waals surface area (Å²) in [6.07, 6.45) is 7.51. The number of aromatic nitrogens is 1. The minimum atomic E-state index is 0.830. The molecule has 0 saturated heterocycles. The maximum absolute atomic E-state index is 3.60. The highest BCUT2D eigenvalue weighted by Crippen LogP contribution is 2.28. The Bertz CT molecular complexity index is 591. The van der Waals surface area contributed by atoms with Crippen LogP contribution in [0.1, 0.15) is 36.0 Å². The number of nitrogens with zero attached hydrogens (tertiary/aromatic N) is 1. The third-order valence-corrected chi connectivity index (χ3v) is 4.24. The molecule has 1 N–H and O–H groups in total. The van der Waals surface area contributed by atoms with Crippen LogP contribution in [0.5, 0.6) is 0 Å². The van der Waals surface area contributed by atoms with Gasteiger partial charge in [-0.2, -0.15) is 0 Å². The van der Waals surface area contributed by atoms with Crippen molar-refractivity contribution in [3.63, 3.8) is 0 Å². The Morgan fingerprint density at radius 1 is 1.21 bits per heavy atom. The molecule has 0 atom stereocenters. The van der Waals surface area contributed by atoms with Gasteiger partial charge in [0.25, 0.3) is 0 Å². The van der Waals surface area contributed by atoms with E-state index in [1.807, 2.05) is 0 Å². The Morgan fingerprint density at radius 2 is 1.95 bits per heavy atom. The van der Waals surface area contributed by atoms with Gasteiger partial charge in [-0.05, 0) is 62.8 Å². The molecule has 3 rings (SSSR count). The molecule has 1 aromatic heterocycles. The maximum Gasteiger partial charge on any atom is 0.0512 e. The first-order chi connectivity index (χ1) is 9.16. The third kappa shape index (κ3) is 2.55. The quantitative estimate of drug-likeness (QED) is 0.810. The van der Waals surface area contributed by atoms with Gasteiger partial charge in [0.15, 0.2) is 0 Å². The van der Waals surface area contributed by atoms with Crippen molar-refractivity contribution < 1.29 is 0 Å². The van der Waals surface area contributed by atoms with Crippen LogP contribution in [0, 0.1) is 13.8 Å². The molecule has 0 bridgehead atoms. The lowest BCUT2D eigenvalue weighted by atomic mass is 10.0. The van der Waals surface area contributed by atoms with E-state index in [1.54, 1.807) is 0 Å². The van der Waals surface area contributed by atoms with Crippen LogP contribution < -0.4 is 5.32 Å². The van der Waals surface area contributed by atoms with Crippen LogP contribution in [0.15, 0.2) is 18.3 Å². The van der Waals surface area contributed by atoms with Crippen LogP contribution in [-0.4, -0.2) is 17.2 Å². The first-order valence-corrected chi connectivity index (χ1v) is 7.44. The van der Waals surface area contributed by atoms with Crippen LogP contribution in [0.2, 0.25) is 0 Å². The van der Waals surface area contributed by atoms with Crippen LogP contribution in [0.4, 0.5) is 0 Å². The fourth-order valence-corrected chi connectivity index (χ4v) is 3.08. The predicted molar refractivity (Wildman–Crippen MR) is 81.7 cm³/mol. The van der Waals surface area contributed by atoms with Crippen molar-refractivity contribution >= 4 is 10.9 Å². The summed E-state index contributed by atoms with van der Waals surface area (Å²) >= 11 is 0. The maximum atomic E-state index is 3.60. The molecule has 0 spiro atoms. The average Bonchev–Trinajstić information content (AvgIpc) is 3.14. The van der Waals surface area contributed by atoms with Crippen molar-refractivity contribution in [2.45, 2.75) is 45.6 Å². The lowest BCUT2D eigenvalue weighted by Gasteiger charge is -2.05. The van der Waals surface area contributed by atoms with Crippen LogP contribution in [0.3, 0.4) is 0 Å². The highest BCUT2D eigenvalue weighted by atomic mass is 14.9. The zero-order valence-electron chi connectivity index (χ0n) is 12.3. The molecule has 0 aliphatic heterocycles. The molecule has 1 saturated carbocycles. The molecule has 2 heteroatoms. The Balaban J connectivity index is 1.80. The molecule has 2 aromatic rings. The fourth-order valence-electron chi connectivity index (χ4n) is 3.08. The smallest absolute Gasteiger partial charge is 0.0512 e. The zero-order valence-corrected chi connectivity index (χ0v) is 12.3. The van der Waals surface area contributed by atoms with Gasteiger partial charge in [0.05, 0.1) is 5.52 Å². The van der Waals surface area contributed by atoms with Crippen molar-refractivity contribution in [3.05, 3.63) is 35.0 Å². The minimum absolute atomic E-state index is 0.830. The van der Waals surface area contributed by atoms with E-state index < -0.39 is 0 Å². The Kier molecular flexibility index (Phi) is 3.36. The van der Waals surface area contributed by atoms with Crippen LogP contribution >= 0.6 is 0 Å². The number of rotatable bonds is 5. The second kappa shape index (κ2) is 5.01. The van der Waals surface area contributed by atoms with E-state index in [9.17, 15) is 0 Å². The number of aryl methyl sites for hydroxylation is 4. The number of hydrogen-bond acceptors (Lipinski definition) is 1. The lowest BCUT2D eigenvalue weighted by molar-refractivity contribution is 0.646. The van der Waals surface area contributed by atoms with E-state index in [1.165, 1.54) is 53.3 Å².